The summed E-state index contributed by atoms with van der Waals surface area (Å²) in [5.74, 6) is -0.126. The molecule has 1 aromatic carbocycles. The molecule has 0 radical (unpaired) electrons. The molecular weight excluding hydrogens is 311 g/mol. The summed E-state index contributed by atoms with van der Waals surface area (Å²) in [5.41, 5.74) is 2.10. The lowest BCUT2D eigenvalue weighted by atomic mass is 10.1. The normalized spacial score (nSPS) is 10.4. The average molecular weight is 326 g/mol. The second-order valence-electron chi connectivity index (χ2n) is 5.08. The monoisotopic (exact) mass is 326 g/mol. The van der Waals surface area contributed by atoms with Crippen LogP contribution in [0.25, 0.3) is 11.3 Å². The largest absolute Gasteiger partial charge is 0.494 e. The van der Waals surface area contributed by atoms with Crippen LogP contribution < -0.4 is 10.1 Å². The summed E-state index contributed by atoms with van der Waals surface area (Å²) in [4.78, 5) is 23.1. The van der Waals surface area contributed by atoms with Gasteiger partial charge < -0.3 is 15.0 Å². The van der Waals surface area contributed by atoms with Crippen LogP contribution in [0.3, 0.4) is 0 Å². The number of aromatic amines is 1. The first-order valence-corrected chi connectivity index (χ1v) is 7.23. The lowest BCUT2D eigenvalue weighted by molar-refractivity contribution is -0.115. The van der Waals surface area contributed by atoms with E-state index in [1.807, 2.05) is 6.07 Å². The quantitative estimate of drug-likeness (QED) is 0.755. The highest BCUT2D eigenvalue weighted by atomic mass is 19.1. The first-order valence-electron chi connectivity index (χ1n) is 7.23. The van der Waals surface area contributed by atoms with Gasteiger partial charge in [0.25, 0.3) is 0 Å². The molecule has 0 saturated heterocycles. The first kappa shape index (κ1) is 15.7. The van der Waals surface area contributed by atoms with Gasteiger partial charge in [-0.3, -0.25) is 4.79 Å². The molecule has 24 heavy (non-hydrogen) atoms. The number of carbonyl (C=O) groups excluding carboxylic acids is 1. The number of nitrogens with zero attached hydrogens (tertiary/aromatic N) is 2. The molecule has 3 rings (SSSR count). The van der Waals surface area contributed by atoms with Crippen molar-refractivity contribution < 1.29 is 13.9 Å². The van der Waals surface area contributed by atoms with Crippen molar-refractivity contribution in [2.24, 2.45) is 0 Å². The van der Waals surface area contributed by atoms with Crippen LogP contribution in [0.1, 0.15) is 5.56 Å². The minimum atomic E-state index is -0.449. The molecule has 122 valence electrons. The van der Waals surface area contributed by atoms with Crippen LogP contribution in [0.15, 0.2) is 49.1 Å². The van der Waals surface area contributed by atoms with Crippen LogP contribution in [-0.4, -0.2) is 28.0 Å². The zero-order chi connectivity index (χ0) is 16.9. The van der Waals surface area contributed by atoms with Crippen molar-refractivity contribution in [1.82, 2.24) is 15.0 Å². The number of nitrogens with one attached hydrogen (secondary N) is 2. The molecule has 0 aliphatic carbocycles. The summed E-state index contributed by atoms with van der Waals surface area (Å²) >= 11 is 0. The Bertz CT molecular complexity index is 850. The maximum Gasteiger partial charge on any atom is 0.230 e. The highest BCUT2D eigenvalue weighted by molar-refractivity contribution is 5.91. The molecule has 0 fully saturated rings. The summed E-state index contributed by atoms with van der Waals surface area (Å²) in [6.45, 7) is 0. The lowest BCUT2D eigenvalue weighted by Crippen LogP contribution is -2.15. The van der Waals surface area contributed by atoms with Gasteiger partial charge in [-0.2, -0.15) is 0 Å². The number of amides is 1. The fourth-order valence-electron chi connectivity index (χ4n) is 2.24. The maximum absolute atomic E-state index is 13.5. The summed E-state index contributed by atoms with van der Waals surface area (Å²) in [5, 5.41) is 2.72. The molecule has 6 nitrogen and oxygen atoms in total. The van der Waals surface area contributed by atoms with Gasteiger partial charge in [0.15, 0.2) is 11.6 Å². The molecule has 0 aliphatic rings. The van der Waals surface area contributed by atoms with Gasteiger partial charge in [0.2, 0.25) is 5.91 Å². The number of hydrogen-bond acceptors (Lipinski definition) is 4. The summed E-state index contributed by atoms with van der Waals surface area (Å²) in [7, 11) is 1.40. The minimum absolute atomic E-state index is 0.129. The Morgan fingerprint density at radius 2 is 2.17 bits per heavy atom. The van der Waals surface area contributed by atoms with Gasteiger partial charge >= 0.3 is 0 Å². The second kappa shape index (κ2) is 6.91. The Hall–Kier alpha value is -3.22. The van der Waals surface area contributed by atoms with Gasteiger partial charge in [0, 0.05) is 24.0 Å². The summed E-state index contributed by atoms with van der Waals surface area (Å²) < 4.78 is 18.5. The molecule has 3 aromatic rings. The Balaban J connectivity index is 1.77. The Morgan fingerprint density at radius 3 is 2.92 bits per heavy atom. The van der Waals surface area contributed by atoms with Crippen LogP contribution in [-0.2, 0) is 11.2 Å². The number of hydrogen-bond donors (Lipinski definition) is 2. The van der Waals surface area contributed by atoms with Crippen LogP contribution in [0.2, 0.25) is 0 Å². The topological polar surface area (TPSA) is 79.9 Å². The van der Waals surface area contributed by atoms with Crippen LogP contribution >= 0.6 is 0 Å². The van der Waals surface area contributed by atoms with Crippen molar-refractivity contribution in [3.05, 3.63) is 60.4 Å². The van der Waals surface area contributed by atoms with Gasteiger partial charge in [-0.1, -0.05) is 0 Å². The molecule has 0 bridgehead atoms. The fraction of sp³-hybridized carbons (Fsp3) is 0.118. The number of anilines is 1. The van der Waals surface area contributed by atoms with E-state index in [9.17, 15) is 9.18 Å². The molecule has 0 atom stereocenters. The van der Waals surface area contributed by atoms with Crippen molar-refractivity contribution in [2.45, 2.75) is 6.42 Å². The van der Waals surface area contributed by atoms with E-state index >= 15 is 0 Å². The van der Waals surface area contributed by atoms with Gasteiger partial charge in [-0.05, 0) is 29.8 Å². The van der Waals surface area contributed by atoms with E-state index in [0.717, 1.165) is 5.56 Å². The highest BCUT2D eigenvalue weighted by Crippen LogP contribution is 2.25. The third kappa shape index (κ3) is 3.57. The van der Waals surface area contributed by atoms with Gasteiger partial charge in [-0.15, -0.1) is 0 Å². The molecule has 2 N–H and O–H groups in total. The minimum Gasteiger partial charge on any atom is -0.494 e. The molecule has 1 amide bonds. The lowest BCUT2D eigenvalue weighted by Gasteiger charge is -2.07. The number of rotatable bonds is 5. The van der Waals surface area contributed by atoms with E-state index in [1.54, 1.807) is 30.6 Å². The van der Waals surface area contributed by atoms with E-state index < -0.39 is 5.82 Å². The molecule has 0 spiro atoms. The van der Waals surface area contributed by atoms with Crippen molar-refractivity contribution in [2.75, 3.05) is 12.4 Å². The molecule has 2 aromatic heterocycles. The number of halogens is 1. The van der Waals surface area contributed by atoms with E-state index in [2.05, 4.69) is 20.3 Å². The van der Waals surface area contributed by atoms with Gasteiger partial charge in [0.1, 0.15) is 12.1 Å². The van der Waals surface area contributed by atoms with Gasteiger partial charge in [-0.25, -0.2) is 14.4 Å². The van der Waals surface area contributed by atoms with Crippen molar-refractivity contribution in [3.8, 4) is 17.0 Å². The SMILES string of the molecule is COc1cc(-c2cc(NC(=O)Cc3cc[nH]c3)ncn2)ccc1F. The maximum atomic E-state index is 13.5. The van der Waals surface area contributed by atoms with E-state index in [1.165, 1.54) is 19.5 Å². The number of H-pyrrole nitrogens is 1. The summed E-state index contributed by atoms with van der Waals surface area (Å²) in [6.07, 6.45) is 5.10. The van der Waals surface area contributed by atoms with E-state index in [4.69, 9.17) is 4.74 Å². The Labute approximate surface area is 137 Å². The molecule has 0 aliphatic heterocycles. The zero-order valence-corrected chi connectivity index (χ0v) is 12.9. The predicted molar refractivity (Wildman–Crippen MR) is 87.1 cm³/mol. The smallest absolute Gasteiger partial charge is 0.230 e. The fourth-order valence-corrected chi connectivity index (χ4v) is 2.24. The van der Waals surface area contributed by atoms with Crippen molar-refractivity contribution in [3.63, 3.8) is 0 Å². The predicted octanol–water partition coefficient (Wildman–Crippen LogP) is 2.80. The molecule has 7 heteroatoms. The van der Waals surface area contributed by atoms with E-state index in [-0.39, 0.29) is 18.1 Å². The number of ether oxygens (including phenoxy) is 1. The standard InChI is InChI=1S/C17H15FN4O2/c1-24-15-7-12(2-3-13(15)18)14-8-16(21-10-20-14)22-17(23)6-11-4-5-19-9-11/h2-5,7-10,19H,6H2,1H3,(H,20,21,22,23). The first-order chi connectivity index (χ1) is 11.7. The number of benzene rings is 1. The van der Waals surface area contributed by atoms with Crippen LogP contribution in [0, 0.1) is 5.82 Å². The third-order valence-electron chi connectivity index (χ3n) is 3.41. The number of aromatic nitrogens is 3. The highest BCUT2D eigenvalue weighted by Gasteiger charge is 2.09. The number of methoxy groups -OCH3 is 1. The summed E-state index contributed by atoms with van der Waals surface area (Å²) in [6, 6.07) is 7.90. The molecule has 0 saturated carbocycles. The Kier molecular flexibility index (Phi) is 4.51. The number of carbonyl (C=O) groups is 1. The van der Waals surface area contributed by atoms with Crippen molar-refractivity contribution >= 4 is 11.7 Å². The zero-order valence-electron chi connectivity index (χ0n) is 12.9. The van der Waals surface area contributed by atoms with Crippen LogP contribution in [0.5, 0.6) is 5.75 Å². The average Bonchev–Trinajstić information content (AvgIpc) is 3.08. The van der Waals surface area contributed by atoms with Crippen molar-refractivity contribution in [1.29, 1.82) is 0 Å². The third-order valence-corrected chi connectivity index (χ3v) is 3.41. The molecule has 2 heterocycles. The Morgan fingerprint density at radius 1 is 1.29 bits per heavy atom. The second-order valence-corrected chi connectivity index (χ2v) is 5.08. The molecular formula is C17H15FN4O2. The van der Waals surface area contributed by atoms with Gasteiger partial charge in [0.05, 0.1) is 19.2 Å². The van der Waals surface area contributed by atoms with E-state index in [0.29, 0.717) is 17.1 Å². The van der Waals surface area contributed by atoms with Crippen LogP contribution in [0.4, 0.5) is 10.2 Å². The molecule has 0 unspecified atom stereocenters.